The van der Waals surface area contributed by atoms with Gasteiger partial charge in [0, 0.05) is 18.3 Å². The van der Waals surface area contributed by atoms with Crippen LogP contribution in [-0.4, -0.2) is 41.1 Å². The molecular formula is C11H20N4O. The third kappa shape index (κ3) is 3.43. The Morgan fingerprint density at radius 2 is 2.12 bits per heavy atom. The van der Waals surface area contributed by atoms with Gasteiger partial charge in [0.1, 0.15) is 6.61 Å². The summed E-state index contributed by atoms with van der Waals surface area (Å²) < 4.78 is 5.56. The maximum absolute atomic E-state index is 5.56. The number of aromatic nitrogens is 2. The lowest BCUT2D eigenvalue weighted by Crippen LogP contribution is -2.43. The highest BCUT2D eigenvalue weighted by Crippen LogP contribution is 2.12. The molecule has 1 aromatic rings. The van der Waals surface area contributed by atoms with E-state index in [4.69, 9.17) is 10.5 Å². The molecule has 0 aliphatic heterocycles. The van der Waals surface area contributed by atoms with Crippen molar-refractivity contribution >= 4 is 0 Å². The molecule has 2 N–H and O–H groups in total. The standard InChI is InChI=1S/C11H20N4O/c1-11(2,15(3)4)8-16-10-13-6-5-9(7-12)14-10/h5-6H,7-8,12H2,1-4H3. The van der Waals surface area contributed by atoms with Crippen molar-refractivity contribution in [3.63, 3.8) is 0 Å². The average molecular weight is 224 g/mol. The highest BCUT2D eigenvalue weighted by molar-refractivity contribution is 5.05. The molecule has 5 nitrogen and oxygen atoms in total. The summed E-state index contributed by atoms with van der Waals surface area (Å²) in [6.07, 6.45) is 1.66. The molecule has 0 saturated heterocycles. The van der Waals surface area contributed by atoms with Crippen molar-refractivity contribution in [2.75, 3.05) is 20.7 Å². The van der Waals surface area contributed by atoms with E-state index < -0.39 is 0 Å². The van der Waals surface area contributed by atoms with Crippen molar-refractivity contribution in [3.05, 3.63) is 18.0 Å². The van der Waals surface area contributed by atoms with Gasteiger partial charge >= 0.3 is 6.01 Å². The molecule has 0 aliphatic rings. The highest BCUT2D eigenvalue weighted by Gasteiger charge is 2.21. The fourth-order valence-corrected chi connectivity index (χ4v) is 0.930. The molecule has 1 rings (SSSR count). The van der Waals surface area contributed by atoms with Gasteiger partial charge < -0.3 is 15.4 Å². The van der Waals surface area contributed by atoms with Crippen LogP contribution in [0.15, 0.2) is 12.3 Å². The van der Waals surface area contributed by atoms with E-state index in [2.05, 4.69) is 28.7 Å². The molecule has 1 heterocycles. The Morgan fingerprint density at radius 3 is 2.69 bits per heavy atom. The minimum Gasteiger partial charge on any atom is -0.462 e. The SMILES string of the molecule is CN(C)C(C)(C)COc1nccc(CN)n1. The molecule has 0 amide bonds. The second-order valence-corrected chi connectivity index (χ2v) is 4.53. The Kier molecular flexibility index (Phi) is 4.20. The molecule has 0 spiro atoms. The Morgan fingerprint density at radius 1 is 1.44 bits per heavy atom. The van der Waals surface area contributed by atoms with Crippen molar-refractivity contribution in [1.29, 1.82) is 0 Å². The summed E-state index contributed by atoms with van der Waals surface area (Å²) in [6, 6.07) is 2.17. The Balaban J connectivity index is 2.60. The molecule has 0 aliphatic carbocycles. The van der Waals surface area contributed by atoms with E-state index in [0.29, 0.717) is 19.2 Å². The summed E-state index contributed by atoms with van der Waals surface area (Å²) in [5, 5.41) is 0. The minimum absolute atomic E-state index is 0.0535. The summed E-state index contributed by atoms with van der Waals surface area (Å²) in [5.41, 5.74) is 6.23. The van der Waals surface area contributed by atoms with Gasteiger partial charge in [0.2, 0.25) is 0 Å². The Bertz CT molecular complexity index is 339. The molecule has 0 unspecified atom stereocenters. The van der Waals surface area contributed by atoms with E-state index in [-0.39, 0.29) is 5.54 Å². The number of hydrogen-bond acceptors (Lipinski definition) is 5. The van der Waals surface area contributed by atoms with Gasteiger partial charge in [0.05, 0.1) is 5.69 Å². The van der Waals surface area contributed by atoms with Crippen LogP contribution in [0.25, 0.3) is 0 Å². The van der Waals surface area contributed by atoms with Gasteiger partial charge in [-0.2, -0.15) is 4.98 Å². The molecule has 90 valence electrons. The highest BCUT2D eigenvalue weighted by atomic mass is 16.5. The molecular weight excluding hydrogens is 204 g/mol. The van der Waals surface area contributed by atoms with E-state index >= 15 is 0 Å². The van der Waals surface area contributed by atoms with Crippen molar-refractivity contribution in [2.24, 2.45) is 5.73 Å². The summed E-state index contributed by atoms with van der Waals surface area (Å²) in [4.78, 5) is 10.3. The first-order valence-electron chi connectivity index (χ1n) is 5.28. The zero-order valence-electron chi connectivity index (χ0n) is 10.4. The first-order valence-corrected chi connectivity index (χ1v) is 5.28. The number of likely N-dealkylation sites (N-methyl/N-ethyl adjacent to an activating group) is 1. The van der Waals surface area contributed by atoms with Gasteiger partial charge in [-0.25, -0.2) is 4.98 Å². The van der Waals surface area contributed by atoms with Gasteiger partial charge in [-0.15, -0.1) is 0 Å². The molecule has 0 atom stereocenters. The van der Waals surface area contributed by atoms with Crippen molar-refractivity contribution in [1.82, 2.24) is 14.9 Å². The number of nitrogens with zero attached hydrogens (tertiary/aromatic N) is 3. The maximum atomic E-state index is 5.56. The van der Waals surface area contributed by atoms with Crippen LogP contribution in [0.5, 0.6) is 6.01 Å². The lowest BCUT2D eigenvalue weighted by atomic mass is 10.1. The molecule has 16 heavy (non-hydrogen) atoms. The summed E-state index contributed by atoms with van der Waals surface area (Å²) in [5.74, 6) is 0. The molecule has 1 aromatic heterocycles. The minimum atomic E-state index is -0.0535. The number of ether oxygens (including phenoxy) is 1. The zero-order valence-corrected chi connectivity index (χ0v) is 10.4. The van der Waals surface area contributed by atoms with Crippen LogP contribution < -0.4 is 10.5 Å². The molecule has 0 fully saturated rings. The second kappa shape index (κ2) is 5.23. The van der Waals surface area contributed by atoms with E-state index in [1.165, 1.54) is 0 Å². The van der Waals surface area contributed by atoms with Crippen LogP contribution in [-0.2, 0) is 6.54 Å². The van der Waals surface area contributed by atoms with E-state index in [1.54, 1.807) is 12.3 Å². The third-order valence-electron chi connectivity index (χ3n) is 2.67. The summed E-state index contributed by atoms with van der Waals surface area (Å²) >= 11 is 0. The number of rotatable bonds is 5. The second-order valence-electron chi connectivity index (χ2n) is 4.53. The van der Waals surface area contributed by atoms with Crippen LogP contribution in [0, 0.1) is 0 Å². The first-order chi connectivity index (χ1) is 7.45. The summed E-state index contributed by atoms with van der Waals surface area (Å²) in [7, 11) is 4.03. The van der Waals surface area contributed by atoms with Gasteiger partial charge in [-0.3, -0.25) is 0 Å². The van der Waals surface area contributed by atoms with E-state index in [9.17, 15) is 0 Å². The van der Waals surface area contributed by atoms with Gasteiger partial charge in [0.25, 0.3) is 0 Å². The fraction of sp³-hybridized carbons (Fsp3) is 0.636. The predicted molar refractivity (Wildman–Crippen MR) is 63.2 cm³/mol. The van der Waals surface area contributed by atoms with Gasteiger partial charge in [0.15, 0.2) is 0 Å². The van der Waals surface area contributed by atoms with Gasteiger partial charge in [-0.1, -0.05) is 0 Å². The monoisotopic (exact) mass is 224 g/mol. The van der Waals surface area contributed by atoms with Crippen LogP contribution >= 0.6 is 0 Å². The average Bonchev–Trinajstić information content (AvgIpc) is 2.26. The van der Waals surface area contributed by atoms with Crippen LogP contribution in [0.3, 0.4) is 0 Å². The predicted octanol–water partition coefficient (Wildman–Crippen LogP) is 0.654. The molecule has 0 bridgehead atoms. The third-order valence-corrected chi connectivity index (χ3v) is 2.67. The van der Waals surface area contributed by atoms with E-state index in [1.807, 2.05) is 14.1 Å². The quantitative estimate of drug-likeness (QED) is 0.795. The van der Waals surface area contributed by atoms with E-state index in [0.717, 1.165) is 5.69 Å². The molecule has 0 radical (unpaired) electrons. The largest absolute Gasteiger partial charge is 0.462 e. The van der Waals surface area contributed by atoms with Crippen LogP contribution in [0.4, 0.5) is 0 Å². The normalized spacial score (nSPS) is 11.9. The zero-order chi connectivity index (χ0) is 12.2. The lowest BCUT2D eigenvalue weighted by molar-refractivity contribution is 0.107. The van der Waals surface area contributed by atoms with Crippen molar-refractivity contribution in [3.8, 4) is 6.01 Å². The molecule has 0 aromatic carbocycles. The summed E-state index contributed by atoms with van der Waals surface area (Å²) in [6.45, 7) is 5.13. The van der Waals surface area contributed by atoms with Crippen LogP contribution in [0.1, 0.15) is 19.5 Å². The maximum Gasteiger partial charge on any atom is 0.316 e. The topological polar surface area (TPSA) is 64.3 Å². The smallest absolute Gasteiger partial charge is 0.316 e. The van der Waals surface area contributed by atoms with Crippen LogP contribution in [0.2, 0.25) is 0 Å². The molecule has 5 heteroatoms. The Hall–Kier alpha value is -1.20. The first kappa shape index (κ1) is 12.9. The Labute approximate surface area is 96.6 Å². The lowest BCUT2D eigenvalue weighted by Gasteiger charge is -2.31. The van der Waals surface area contributed by atoms with Crippen molar-refractivity contribution in [2.45, 2.75) is 25.9 Å². The van der Waals surface area contributed by atoms with Gasteiger partial charge in [-0.05, 0) is 34.0 Å². The number of nitrogens with two attached hydrogens (primary N) is 1. The fourth-order valence-electron chi connectivity index (χ4n) is 0.930. The number of hydrogen-bond donors (Lipinski definition) is 1. The van der Waals surface area contributed by atoms with Crippen molar-refractivity contribution < 1.29 is 4.74 Å². The molecule has 0 saturated carbocycles.